The second-order valence-electron chi connectivity index (χ2n) is 4.91. The van der Waals surface area contributed by atoms with Crippen LogP contribution in [0.2, 0.25) is 0 Å². The Morgan fingerprint density at radius 2 is 1.91 bits per heavy atom. The number of carbonyl (C=O) groups excluding carboxylic acids is 1. The van der Waals surface area contributed by atoms with Crippen LogP contribution < -0.4 is 15.0 Å². The average molecular weight is 319 g/mol. The summed E-state index contributed by atoms with van der Waals surface area (Å²) >= 11 is 0. The summed E-state index contributed by atoms with van der Waals surface area (Å²) in [6, 6.07) is 5.65. The largest absolute Gasteiger partial charge is 0.486 e. The molecule has 0 bridgehead atoms. The molecule has 0 radical (unpaired) electrons. The Bertz CT molecular complexity index is 676. The second kappa shape index (κ2) is 7.48. The van der Waals surface area contributed by atoms with Crippen LogP contribution in [-0.2, 0) is 11.4 Å². The molecule has 1 aromatic carbocycles. The first-order valence-corrected chi connectivity index (χ1v) is 7.08. The molecule has 0 unspecified atom stereocenters. The number of halogens is 1. The fourth-order valence-electron chi connectivity index (χ4n) is 1.62. The van der Waals surface area contributed by atoms with E-state index in [0.29, 0.717) is 23.9 Å². The molecule has 1 amide bonds. The third kappa shape index (κ3) is 4.87. The zero-order chi connectivity index (χ0) is 16.8. The Kier molecular flexibility index (Phi) is 5.40. The molecule has 0 saturated heterocycles. The molecule has 23 heavy (non-hydrogen) atoms. The van der Waals surface area contributed by atoms with E-state index < -0.39 is 0 Å². The lowest BCUT2D eigenvalue weighted by atomic mass is 10.3. The zero-order valence-electron chi connectivity index (χ0n) is 13.2. The number of hydrogen-bond donors (Lipinski definition) is 1. The highest BCUT2D eigenvalue weighted by Crippen LogP contribution is 2.14. The molecule has 2 rings (SSSR count). The first-order valence-electron chi connectivity index (χ1n) is 7.08. The fourth-order valence-corrected chi connectivity index (χ4v) is 1.62. The zero-order valence-corrected chi connectivity index (χ0v) is 13.2. The number of benzene rings is 1. The van der Waals surface area contributed by atoms with E-state index in [2.05, 4.69) is 20.3 Å². The Labute approximate surface area is 133 Å². The number of ether oxygens (including phenoxy) is 1. The maximum absolute atomic E-state index is 12.9. The minimum Gasteiger partial charge on any atom is -0.486 e. The van der Waals surface area contributed by atoms with Crippen molar-refractivity contribution in [3.63, 3.8) is 0 Å². The molecule has 7 nitrogen and oxygen atoms in total. The first-order chi connectivity index (χ1) is 11.0. The minimum absolute atomic E-state index is 0.0734. The van der Waals surface area contributed by atoms with Crippen LogP contribution in [0.5, 0.6) is 5.75 Å². The van der Waals surface area contributed by atoms with Crippen molar-refractivity contribution in [1.82, 2.24) is 15.0 Å². The van der Waals surface area contributed by atoms with Gasteiger partial charge in [-0.2, -0.15) is 15.0 Å². The monoisotopic (exact) mass is 319 g/mol. The summed E-state index contributed by atoms with van der Waals surface area (Å²) in [7, 11) is 3.57. The van der Waals surface area contributed by atoms with E-state index in [-0.39, 0.29) is 24.3 Å². The molecule has 8 heteroatoms. The molecule has 1 aromatic heterocycles. The number of anilines is 2. The van der Waals surface area contributed by atoms with Gasteiger partial charge in [0.1, 0.15) is 18.2 Å². The number of nitrogens with one attached hydrogen (secondary N) is 1. The lowest BCUT2D eigenvalue weighted by molar-refractivity contribution is -0.115. The van der Waals surface area contributed by atoms with Gasteiger partial charge in [0.05, 0.1) is 0 Å². The Balaban J connectivity index is 2.15. The van der Waals surface area contributed by atoms with Crippen molar-refractivity contribution in [2.24, 2.45) is 0 Å². The van der Waals surface area contributed by atoms with Gasteiger partial charge in [-0.25, -0.2) is 4.39 Å². The van der Waals surface area contributed by atoms with Crippen LogP contribution in [0.4, 0.5) is 16.3 Å². The van der Waals surface area contributed by atoms with E-state index in [4.69, 9.17) is 4.74 Å². The Hall–Kier alpha value is -2.77. The standard InChI is InChI=1S/C15H18FN5O2/c1-4-13(22)19-14-17-12(18-15(20-14)21(2)3)9-23-11-7-5-10(16)6-8-11/h5-8H,4,9H2,1-3H3,(H,17,18,19,20,22). The van der Waals surface area contributed by atoms with Crippen LogP contribution in [0.25, 0.3) is 0 Å². The fraction of sp³-hybridized carbons (Fsp3) is 0.333. The lowest BCUT2D eigenvalue weighted by Crippen LogP contribution is -2.19. The molecule has 0 aliphatic heterocycles. The topological polar surface area (TPSA) is 80.2 Å². The third-order valence-corrected chi connectivity index (χ3v) is 2.82. The average Bonchev–Trinajstić information content (AvgIpc) is 2.54. The highest BCUT2D eigenvalue weighted by molar-refractivity contribution is 5.88. The number of carbonyl (C=O) groups is 1. The summed E-state index contributed by atoms with van der Waals surface area (Å²) in [5, 5.41) is 2.60. The molecular weight excluding hydrogens is 301 g/mol. The maximum Gasteiger partial charge on any atom is 0.234 e. The minimum atomic E-state index is -0.336. The SMILES string of the molecule is CCC(=O)Nc1nc(COc2ccc(F)cc2)nc(N(C)C)n1. The molecule has 0 spiro atoms. The third-order valence-electron chi connectivity index (χ3n) is 2.82. The molecule has 1 heterocycles. The lowest BCUT2D eigenvalue weighted by Gasteiger charge is -2.13. The summed E-state index contributed by atoms with van der Waals surface area (Å²) in [5.41, 5.74) is 0. The number of nitrogens with zero attached hydrogens (tertiary/aromatic N) is 4. The van der Waals surface area contributed by atoms with Gasteiger partial charge < -0.3 is 9.64 Å². The Morgan fingerprint density at radius 1 is 1.22 bits per heavy atom. The van der Waals surface area contributed by atoms with Gasteiger partial charge in [-0.1, -0.05) is 6.92 Å². The van der Waals surface area contributed by atoms with Crippen molar-refractivity contribution < 1.29 is 13.9 Å². The van der Waals surface area contributed by atoms with E-state index in [0.717, 1.165) is 0 Å². The molecule has 0 aliphatic carbocycles. The van der Waals surface area contributed by atoms with Gasteiger partial charge in [0.25, 0.3) is 0 Å². The molecule has 2 aromatic rings. The number of amides is 1. The van der Waals surface area contributed by atoms with Crippen LogP contribution >= 0.6 is 0 Å². The van der Waals surface area contributed by atoms with Crippen molar-refractivity contribution in [1.29, 1.82) is 0 Å². The molecular formula is C15H18FN5O2. The van der Waals surface area contributed by atoms with Crippen LogP contribution in [-0.4, -0.2) is 35.0 Å². The van der Waals surface area contributed by atoms with Crippen LogP contribution in [0.3, 0.4) is 0 Å². The van der Waals surface area contributed by atoms with Gasteiger partial charge in [-0.3, -0.25) is 10.1 Å². The van der Waals surface area contributed by atoms with Gasteiger partial charge >= 0.3 is 0 Å². The van der Waals surface area contributed by atoms with Gasteiger partial charge in [-0.05, 0) is 24.3 Å². The van der Waals surface area contributed by atoms with Crippen molar-refractivity contribution in [2.75, 3.05) is 24.3 Å². The van der Waals surface area contributed by atoms with Crippen LogP contribution in [0.1, 0.15) is 19.2 Å². The first kappa shape index (κ1) is 16.6. The van der Waals surface area contributed by atoms with E-state index >= 15 is 0 Å². The van der Waals surface area contributed by atoms with Gasteiger partial charge in [0.15, 0.2) is 5.82 Å². The van der Waals surface area contributed by atoms with Crippen molar-refractivity contribution in [3.8, 4) is 5.75 Å². The van der Waals surface area contributed by atoms with E-state index in [1.807, 2.05) is 0 Å². The van der Waals surface area contributed by atoms with Gasteiger partial charge in [-0.15, -0.1) is 0 Å². The smallest absolute Gasteiger partial charge is 0.234 e. The molecule has 0 fully saturated rings. The summed E-state index contributed by atoms with van der Waals surface area (Å²) in [5.74, 6) is 0.914. The van der Waals surface area contributed by atoms with Gasteiger partial charge in [0, 0.05) is 20.5 Å². The molecule has 1 N–H and O–H groups in total. The highest BCUT2D eigenvalue weighted by Gasteiger charge is 2.10. The maximum atomic E-state index is 12.9. The normalized spacial score (nSPS) is 10.3. The van der Waals surface area contributed by atoms with Gasteiger partial charge in [0.2, 0.25) is 17.8 Å². The summed E-state index contributed by atoms with van der Waals surface area (Å²) < 4.78 is 18.4. The van der Waals surface area contributed by atoms with E-state index in [1.54, 1.807) is 25.9 Å². The highest BCUT2D eigenvalue weighted by atomic mass is 19.1. The van der Waals surface area contributed by atoms with Crippen molar-refractivity contribution in [3.05, 3.63) is 35.9 Å². The molecule has 0 atom stereocenters. The Morgan fingerprint density at radius 3 is 2.52 bits per heavy atom. The molecule has 0 aliphatic rings. The van der Waals surface area contributed by atoms with Crippen molar-refractivity contribution >= 4 is 17.8 Å². The quantitative estimate of drug-likeness (QED) is 0.877. The number of aromatic nitrogens is 3. The molecule has 122 valence electrons. The van der Waals surface area contributed by atoms with Crippen molar-refractivity contribution in [2.45, 2.75) is 20.0 Å². The second-order valence-corrected chi connectivity index (χ2v) is 4.91. The molecule has 0 saturated carbocycles. The summed E-state index contributed by atoms with van der Waals surface area (Å²) in [4.78, 5) is 25.8. The van der Waals surface area contributed by atoms with Crippen LogP contribution in [0, 0.1) is 5.82 Å². The summed E-state index contributed by atoms with van der Waals surface area (Å²) in [6.07, 6.45) is 0.324. The van der Waals surface area contributed by atoms with E-state index in [9.17, 15) is 9.18 Å². The van der Waals surface area contributed by atoms with E-state index in [1.165, 1.54) is 24.3 Å². The number of hydrogen-bond acceptors (Lipinski definition) is 6. The number of rotatable bonds is 6. The van der Waals surface area contributed by atoms with Crippen LogP contribution in [0.15, 0.2) is 24.3 Å². The summed E-state index contributed by atoms with van der Waals surface area (Å²) in [6.45, 7) is 1.81. The predicted octanol–water partition coefficient (Wildman–Crippen LogP) is 2.00. The predicted molar refractivity (Wildman–Crippen MR) is 83.8 cm³/mol.